The molecule has 0 bridgehead atoms. The molecule has 0 atom stereocenters. The van der Waals surface area contributed by atoms with Crippen LogP contribution in [-0.4, -0.2) is 12.7 Å². The van der Waals surface area contributed by atoms with E-state index in [1.165, 1.54) is 42.4 Å². The highest BCUT2D eigenvalue weighted by atomic mass is 16.5. The molecule has 1 saturated carbocycles. The molecule has 1 aromatic carbocycles. The highest BCUT2D eigenvalue weighted by Gasteiger charge is 2.34. The number of hydrogen-bond acceptors (Lipinski definition) is 1. The fourth-order valence-corrected chi connectivity index (χ4v) is 3.13. The quantitative estimate of drug-likeness (QED) is 0.766. The van der Waals surface area contributed by atoms with E-state index >= 15 is 0 Å². The summed E-state index contributed by atoms with van der Waals surface area (Å²) in [6.45, 7) is 6.74. The molecule has 1 nitrogen and oxygen atoms in total. The molecule has 1 aliphatic carbocycles. The molecule has 1 aromatic rings. The number of hydrogen-bond donors (Lipinski definition) is 0. The van der Waals surface area contributed by atoms with Gasteiger partial charge in [-0.2, -0.15) is 0 Å². The van der Waals surface area contributed by atoms with E-state index in [1.54, 1.807) is 0 Å². The molecule has 2 rings (SSSR count). The van der Waals surface area contributed by atoms with Crippen molar-refractivity contribution in [2.45, 2.75) is 58.5 Å². The standard InChI is InChI=1S/C17H26O/c1-13-7-9-17(18-4,10-8-13)12-16-6-5-14(2)11-15(16)3/h5-6,11,13H,7-10,12H2,1-4H3. The Labute approximate surface area is 112 Å². The van der Waals surface area contributed by atoms with Gasteiger partial charge in [0.15, 0.2) is 0 Å². The lowest BCUT2D eigenvalue weighted by atomic mass is 9.76. The molecule has 0 amide bonds. The Morgan fingerprint density at radius 3 is 2.44 bits per heavy atom. The summed E-state index contributed by atoms with van der Waals surface area (Å²) in [7, 11) is 1.89. The minimum Gasteiger partial charge on any atom is -0.378 e. The maximum atomic E-state index is 5.92. The smallest absolute Gasteiger partial charge is 0.0719 e. The molecule has 0 radical (unpaired) electrons. The molecule has 0 aromatic heterocycles. The Bertz CT molecular complexity index is 400. The van der Waals surface area contributed by atoms with Crippen LogP contribution in [-0.2, 0) is 11.2 Å². The van der Waals surface area contributed by atoms with Crippen molar-refractivity contribution >= 4 is 0 Å². The third-order valence-electron chi connectivity index (χ3n) is 4.63. The minimum absolute atomic E-state index is 0.0898. The van der Waals surface area contributed by atoms with Crippen molar-refractivity contribution in [3.63, 3.8) is 0 Å². The summed E-state index contributed by atoms with van der Waals surface area (Å²) in [5.74, 6) is 0.868. The highest BCUT2D eigenvalue weighted by molar-refractivity contribution is 5.31. The fourth-order valence-electron chi connectivity index (χ4n) is 3.13. The maximum absolute atomic E-state index is 5.92. The average Bonchev–Trinajstić information content (AvgIpc) is 2.36. The van der Waals surface area contributed by atoms with Gasteiger partial charge in [0.25, 0.3) is 0 Å². The summed E-state index contributed by atoms with van der Waals surface area (Å²) < 4.78 is 5.92. The van der Waals surface area contributed by atoms with E-state index < -0.39 is 0 Å². The second-order valence-corrected chi connectivity index (χ2v) is 6.18. The summed E-state index contributed by atoms with van der Waals surface area (Å²) >= 11 is 0. The molecule has 1 heteroatoms. The van der Waals surface area contributed by atoms with Gasteiger partial charge < -0.3 is 4.74 Å². The molecule has 0 unspecified atom stereocenters. The van der Waals surface area contributed by atoms with Gasteiger partial charge in [-0.1, -0.05) is 30.7 Å². The highest BCUT2D eigenvalue weighted by Crippen LogP contribution is 2.37. The van der Waals surface area contributed by atoms with Crippen LogP contribution < -0.4 is 0 Å². The minimum atomic E-state index is 0.0898. The van der Waals surface area contributed by atoms with Gasteiger partial charge in [0.05, 0.1) is 5.60 Å². The van der Waals surface area contributed by atoms with Gasteiger partial charge in [-0.3, -0.25) is 0 Å². The lowest BCUT2D eigenvalue weighted by molar-refractivity contribution is -0.0470. The second-order valence-electron chi connectivity index (χ2n) is 6.18. The van der Waals surface area contributed by atoms with Crippen LogP contribution in [0.5, 0.6) is 0 Å². The van der Waals surface area contributed by atoms with E-state index in [4.69, 9.17) is 4.74 Å². The van der Waals surface area contributed by atoms with E-state index in [1.807, 2.05) is 7.11 Å². The Morgan fingerprint density at radius 1 is 1.22 bits per heavy atom. The zero-order chi connectivity index (χ0) is 13.2. The summed E-state index contributed by atoms with van der Waals surface area (Å²) in [5.41, 5.74) is 4.30. The Kier molecular flexibility index (Phi) is 4.11. The largest absolute Gasteiger partial charge is 0.378 e. The monoisotopic (exact) mass is 246 g/mol. The van der Waals surface area contributed by atoms with Crippen LogP contribution in [0.4, 0.5) is 0 Å². The Hall–Kier alpha value is -0.820. The molecule has 0 N–H and O–H groups in total. The first kappa shape index (κ1) is 13.6. The number of aryl methyl sites for hydroxylation is 2. The van der Waals surface area contributed by atoms with Gasteiger partial charge in [-0.25, -0.2) is 0 Å². The normalized spacial score (nSPS) is 28.3. The van der Waals surface area contributed by atoms with Crippen molar-refractivity contribution in [1.82, 2.24) is 0 Å². The SMILES string of the molecule is COC1(Cc2ccc(C)cc2C)CCC(C)CC1. The zero-order valence-electron chi connectivity index (χ0n) is 12.3. The molecular formula is C17H26O. The Balaban J connectivity index is 2.15. The number of methoxy groups -OCH3 is 1. The molecule has 0 spiro atoms. The van der Waals surface area contributed by atoms with E-state index in [0.717, 1.165) is 12.3 Å². The second kappa shape index (κ2) is 5.44. The fraction of sp³-hybridized carbons (Fsp3) is 0.647. The number of ether oxygens (including phenoxy) is 1. The van der Waals surface area contributed by atoms with Crippen molar-refractivity contribution in [3.05, 3.63) is 34.9 Å². The molecule has 0 heterocycles. The van der Waals surface area contributed by atoms with Crippen molar-refractivity contribution in [2.75, 3.05) is 7.11 Å². The average molecular weight is 246 g/mol. The first-order valence-electron chi connectivity index (χ1n) is 7.16. The van der Waals surface area contributed by atoms with E-state index in [9.17, 15) is 0 Å². The van der Waals surface area contributed by atoms with Crippen molar-refractivity contribution in [3.8, 4) is 0 Å². The molecule has 1 fully saturated rings. The van der Waals surface area contributed by atoms with Crippen molar-refractivity contribution < 1.29 is 4.74 Å². The molecule has 100 valence electrons. The van der Waals surface area contributed by atoms with Crippen LogP contribution >= 0.6 is 0 Å². The van der Waals surface area contributed by atoms with Crippen LogP contribution in [0, 0.1) is 19.8 Å². The van der Waals surface area contributed by atoms with E-state index in [-0.39, 0.29) is 5.60 Å². The van der Waals surface area contributed by atoms with Gasteiger partial charge in [-0.05, 0) is 56.6 Å². The summed E-state index contributed by atoms with van der Waals surface area (Å²) in [6.07, 6.45) is 6.09. The predicted octanol–water partition coefficient (Wildman–Crippen LogP) is 4.44. The third-order valence-corrected chi connectivity index (χ3v) is 4.63. The lowest BCUT2D eigenvalue weighted by Gasteiger charge is -2.38. The Morgan fingerprint density at radius 2 is 1.89 bits per heavy atom. The predicted molar refractivity (Wildman–Crippen MR) is 77.0 cm³/mol. The summed E-state index contributed by atoms with van der Waals surface area (Å²) in [5, 5.41) is 0. The van der Waals surface area contributed by atoms with Crippen LogP contribution in [0.25, 0.3) is 0 Å². The lowest BCUT2D eigenvalue weighted by Crippen LogP contribution is -2.38. The summed E-state index contributed by atoms with van der Waals surface area (Å²) in [6, 6.07) is 6.78. The van der Waals surface area contributed by atoms with E-state index in [0.29, 0.717) is 0 Å². The van der Waals surface area contributed by atoms with Crippen LogP contribution in [0.1, 0.15) is 49.3 Å². The summed E-state index contributed by atoms with van der Waals surface area (Å²) in [4.78, 5) is 0. The third kappa shape index (κ3) is 2.95. The van der Waals surface area contributed by atoms with Crippen molar-refractivity contribution in [1.29, 1.82) is 0 Å². The molecule has 18 heavy (non-hydrogen) atoms. The van der Waals surface area contributed by atoms with Crippen LogP contribution in [0.2, 0.25) is 0 Å². The topological polar surface area (TPSA) is 9.23 Å². The van der Waals surface area contributed by atoms with Crippen molar-refractivity contribution in [2.24, 2.45) is 5.92 Å². The maximum Gasteiger partial charge on any atom is 0.0719 e. The van der Waals surface area contributed by atoms with Crippen LogP contribution in [0.3, 0.4) is 0 Å². The first-order chi connectivity index (χ1) is 8.54. The van der Waals surface area contributed by atoms with Gasteiger partial charge >= 0.3 is 0 Å². The molecule has 0 saturated heterocycles. The van der Waals surface area contributed by atoms with Gasteiger partial charge in [-0.15, -0.1) is 0 Å². The number of rotatable bonds is 3. The van der Waals surface area contributed by atoms with Gasteiger partial charge in [0, 0.05) is 13.5 Å². The first-order valence-corrected chi connectivity index (χ1v) is 7.16. The number of benzene rings is 1. The van der Waals surface area contributed by atoms with Crippen LogP contribution in [0.15, 0.2) is 18.2 Å². The van der Waals surface area contributed by atoms with E-state index in [2.05, 4.69) is 39.0 Å². The molecule has 1 aliphatic rings. The molecule has 0 aliphatic heterocycles. The van der Waals surface area contributed by atoms with Gasteiger partial charge in [0.2, 0.25) is 0 Å². The van der Waals surface area contributed by atoms with Gasteiger partial charge in [0.1, 0.15) is 0 Å². The molecular weight excluding hydrogens is 220 g/mol. The zero-order valence-corrected chi connectivity index (χ0v) is 12.3.